The molecule has 0 radical (unpaired) electrons. The maximum absolute atomic E-state index is 12.8. The number of hydrogen-bond acceptors (Lipinski definition) is 4. The van der Waals surface area contributed by atoms with E-state index in [1.54, 1.807) is 4.68 Å². The van der Waals surface area contributed by atoms with Crippen LogP contribution in [0.25, 0.3) is 11.0 Å². The summed E-state index contributed by atoms with van der Waals surface area (Å²) in [6.45, 7) is 3.29. The van der Waals surface area contributed by atoms with Crippen LogP contribution in [0.5, 0.6) is 0 Å². The zero-order valence-corrected chi connectivity index (χ0v) is 15.6. The number of fused-ring (bicyclic) bond motifs is 1. The zero-order chi connectivity index (χ0) is 20.0. The maximum Gasteiger partial charge on any atom is 0.416 e. The van der Waals surface area contributed by atoms with Gasteiger partial charge in [0, 0.05) is 18.7 Å². The Kier molecular flexibility index (Phi) is 6.51. The van der Waals surface area contributed by atoms with Crippen LogP contribution in [0.4, 0.5) is 18.9 Å². The quantitative estimate of drug-likeness (QED) is 0.504. The molecule has 3 aromatic rings. The van der Waals surface area contributed by atoms with E-state index in [9.17, 15) is 13.2 Å². The summed E-state index contributed by atoms with van der Waals surface area (Å²) in [6.07, 6.45) is -2.01. The van der Waals surface area contributed by atoms with Crippen LogP contribution in [-0.4, -0.2) is 28.2 Å². The summed E-state index contributed by atoms with van der Waals surface area (Å²) in [6, 6.07) is 12.5. The van der Waals surface area contributed by atoms with Crippen LogP contribution in [0.1, 0.15) is 37.9 Å². The van der Waals surface area contributed by atoms with E-state index in [2.05, 4.69) is 22.6 Å². The Balaban J connectivity index is 1.78. The number of halogens is 3. The minimum Gasteiger partial charge on any atom is -0.381 e. The fourth-order valence-corrected chi connectivity index (χ4v) is 2.86. The van der Waals surface area contributed by atoms with Gasteiger partial charge in [0.2, 0.25) is 0 Å². The summed E-state index contributed by atoms with van der Waals surface area (Å²) in [4.78, 5) is 0. The molecule has 0 saturated heterocycles. The normalized spacial score (nSPS) is 13.0. The highest BCUT2D eigenvalue weighted by Gasteiger charge is 2.30. The molecule has 0 bridgehead atoms. The number of nitrogens with zero attached hydrogens (tertiary/aromatic N) is 3. The van der Waals surface area contributed by atoms with Gasteiger partial charge in [0.25, 0.3) is 0 Å². The molecule has 1 heterocycles. The number of anilines is 1. The van der Waals surface area contributed by atoms with Crippen LogP contribution >= 0.6 is 0 Å². The maximum atomic E-state index is 12.8. The Hall–Kier alpha value is -2.61. The fraction of sp³-hybridized carbons (Fsp3) is 0.400. The molecular weight excluding hydrogens is 369 g/mol. The zero-order valence-electron chi connectivity index (χ0n) is 15.6. The van der Waals surface area contributed by atoms with E-state index < -0.39 is 11.7 Å². The molecule has 1 unspecified atom stereocenters. The van der Waals surface area contributed by atoms with Gasteiger partial charge in [0.1, 0.15) is 11.7 Å². The van der Waals surface area contributed by atoms with Gasteiger partial charge < -0.3 is 10.1 Å². The highest BCUT2D eigenvalue weighted by atomic mass is 19.4. The topological polar surface area (TPSA) is 52.0 Å². The van der Waals surface area contributed by atoms with Crippen LogP contribution in [0.15, 0.2) is 48.5 Å². The summed E-state index contributed by atoms with van der Waals surface area (Å²) in [5.74, 6) is 0. The Morgan fingerprint density at radius 3 is 2.54 bits per heavy atom. The predicted octanol–water partition coefficient (Wildman–Crippen LogP) is 5.27. The van der Waals surface area contributed by atoms with Gasteiger partial charge in [-0.25, -0.2) is 4.68 Å². The number of benzene rings is 2. The van der Waals surface area contributed by atoms with Crippen molar-refractivity contribution >= 4 is 16.7 Å². The van der Waals surface area contributed by atoms with E-state index in [0.29, 0.717) is 25.3 Å². The molecular formula is C20H23F3N4O. The molecule has 150 valence electrons. The van der Waals surface area contributed by atoms with Crippen molar-refractivity contribution < 1.29 is 17.9 Å². The van der Waals surface area contributed by atoms with Crippen LogP contribution < -0.4 is 5.32 Å². The number of hydrogen-bond donors (Lipinski definition) is 1. The van der Waals surface area contributed by atoms with Crippen LogP contribution in [-0.2, 0) is 10.9 Å². The lowest BCUT2D eigenvalue weighted by Gasteiger charge is -2.21. The van der Waals surface area contributed by atoms with E-state index in [0.717, 1.165) is 36.0 Å². The molecule has 1 atom stereocenters. The van der Waals surface area contributed by atoms with Gasteiger partial charge in [-0.05, 0) is 42.8 Å². The van der Waals surface area contributed by atoms with Crippen LogP contribution in [0.3, 0.4) is 0 Å². The highest BCUT2D eigenvalue weighted by Crippen LogP contribution is 2.30. The average Bonchev–Trinajstić information content (AvgIpc) is 3.11. The standard InChI is InChI=1S/C20H23F3N4O/c1-2-3-13-28-14-12-19(27-18-7-5-4-6-17(18)25-26-27)24-16-10-8-15(9-11-16)20(21,22)23/h4-11,19,24H,2-3,12-14H2,1H3. The Bertz CT molecular complexity index is 877. The van der Waals surface area contributed by atoms with Gasteiger partial charge in [-0.15, -0.1) is 5.10 Å². The first-order chi connectivity index (χ1) is 13.5. The third kappa shape index (κ3) is 5.01. The van der Waals surface area contributed by atoms with Crippen molar-refractivity contribution in [1.29, 1.82) is 0 Å². The first kappa shape index (κ1) is 20.1. The molecule has 0 spiro atoms. The van der Waals surface area contributed by atoms with Gasteiger partial charge in [-0.1, -0.05) is 30.7 Å². The molecule has 1 aromatic heterocycles. The largest absolute Gasteiger partial charge is 0.416 e. The summed E-state index contributed by atoms with van der Waals surface area (Å²) in [5, 5.41) is 11.7. The van der Waals surface area contributed by atoms with Crippen molar-refractivity contribution in [3.05, 3.63) is 54.1 Å². The average molecular weight is 392 g/mol. The first-order valence-electron chi connectivity index (χ1n) is 9.30. The Morgan fingerprint density at radius 2 is 1.82 bits per heavy atom. The minimum atomic E-state index is -4.35. The molecule has 0 aliphatic carbocycles. The van der Waals surface area contributed by atoms with Gasteiger partial charge in [0.15, 0.2) is 0 Å². The SMILES string of the molecule is CCCCOCCC(Nc1ccc(C(F)(F)F)cc1)n1nnc2ccccc21. The van der Waals surface area contributed by atoms with Gasteiger partial charge in [-0.3, -0.25) is 0 Å². The fourth-order valence-electron chi connectivity index (χ4n) is 2.86. The molecule has 0 fully saturated rings. The minimum absolute atomic E-state index is 0.300. The number of unbranched alkanes of at least 4 members (excludes halogenated alkanes) is 1. The van der Waals surface area contributed by atoms with Crippen molar-refractivity contribution in [1.82, 2.24) is 15.0 Å². The molecule has 3 rings (SSSR count). The highest BCUT2D eigenvalue weighted by molar-refractivity contribution is 5.74. The second kappa shape index (κ2) is 9.05. The summed E-state index contributed by atoms with van der Waals surface area (Å²) >= 11 is 0. The predicted molar refractivity (Wildman–Crippen MR) is 102 cm³/mol. The molecule has 0 aliphatic rings. The number of nitrogens with one attached hydrogen (secondary N) is 1. The summed E-state index contributed by atoms with van der Waals surface area (Å²) in [5.41, 5.74) is 1.50. The van der Waals surface area contributed by atoms with E-state index in [4.69, 9.17) is 4.74 Å². The Morgan fingerprint density at radius 1 is 1.07 bits per heavy atom. The second-order valence-electron chi connectivity index (χ2n) is 6.51. The molecule has 28 heavy (non-hydrogen) atoms. The summed E-state index contributed by atoms with van der Waals surface area (Å²) < 4.78 is 45.8. The van der Waals surface area contributed by atoms with Crippen molar-refractivity contribution in [2.45, 2.75) is 38.5 Å². The first-order valence-corrected chi connectivity index (χ1v) is 9.30. The molecule has 1 N–H and O–H groups in total. The lowest BCUT2D eigenvalue weighted by Crippen LogP contribution is -2.22. The number of rotatable bonds is 9. The lowest BCUT2D eigenvalue weighted by atomic mass is 10.2. The lowest BCUT2D eigenvalue weighted by molar-refractivity contribution is -0.137. The molecule has 8 heteroatoms. The number of aromatic nitrogens is 3. The van der Waals surface area contributed by atoms with E-state index in [1.807, 2.05) is 24.3 Å². The van der Waals surface area contributed by atoms with E-state index >= 15 is 0 Å². The monoisotopic (exact) mass is 392 g/mol. The molecule has 2 aromatic carbocycles. The molecule has 0 aliphatic heterocycles. The van der Waals surface area contributed by atoms with Crippen molar-refractivity contribution in [3.8, 4) is 0 Å². The van der Waals surface area contributed by atoms with Crippen molar-refractivity contribution in [2.24, 2.45) is 0 Å². The van der Waals surface area contributed by atoms with E-state index in [-0.39, 0.29) is 6.17 Å². The third-order valence-corrected chi connectivity index (χ3v) is 4.40. The summed E-state index contributed by atoms with van der Waals surface area (Å²) in [7, 11) is 0. The van der Waals surface area contributed by atoms with Crippen molar-refractivity contribution in [2.75, 3.05) is 18.5 Å². The molecule has 0 saturated carbocycles. The Labute approximate surface area is 161 Å². The van der Waals surface area contributed by atoms with Crippen LogP contribution in [0, 0.1) is 0 Å². The van der Waals surface area contributed by atoms with Crippen LogP contribution in [0.2, 0.25) is 0 Å². The number of ether oxygens (including phenoxy) is 1. The van der Waals surface area contributed by atoms with Crippen molar-refractivity contribution in [3.63, 3.8) is 0 Å². The molecule has 0 amide bonds. The number of para-hydroxylation sites is 1. The second-order valence-corrected chi connectivity index (χ2v) is 6.51. The van der Waals surface area contributed by atoms with Gasteiger partial charge >= 0.3 is 6.18 Å². The third-order valence-electron chi connectivity index (χ3n) is 4.40. The van der Waals surface area contributed by atoms with E-state index in [1.165, 1.54) is 12.1 Å². The van der Waals surface area contributed by atoms with Gasteiger partial charge in [0.05, 0.1) is 17.7 Å². The van der Waals surface area contributed by atoms with Gasteiger partial charge in [-0.2, -0.15) is 13.2 Å². The molecule has 5 nitrogen and oxygen atoms in total. The number of alkyl halides is 3. The smallest absolute Gasteiger partial charge is 0.381 e.